The largest absolute Gasteiger partial charge is 0.366 e. The number of imidazole rings is 1. The van der Waals surface area contributed by atoms with Gasteiger partial charge in [-0.1, -0.05) is 6.07 Å². The molecule has 0 atom stereocenters. The van der Waals surface area contributed by atoms with Gasteiger partial charge in [-0.25, -0.2) is 4.98 Å². The molecule has 3 aromatic rings. The summed E-state index contributed by atoms with van der Waals surface area (Å²) in [7, 11) is 1.83. The number of aromatic amines is 1. The zero-order valence-electron chi connectivity index (χ0n) is 9.71. The average Bonchev–Trinajstić information content (AvgIpc) is 2.93. The van der Waals surface area contributed by atoms with Crippen LogP contribution < -0.4 is 5.73 Å². The third kappa shape index (κ3) is 1.55. The van der Waals surface area contributed by atoms with Crippen LogP contribution in [0.15, 0.2) is 30.6 Å². The van der Waals surface area contributed by atoms with Crippen molar-refractivity contribution < 1.29 is 4.79 Å². The molecule has 0 aliphatic carbocycles. The zero-order chi connectivity index (χ0) is 12.7. The van der Waals surface area contributed by atoms with Crippen LogP contribution in [-0.2, 0) is 7.05 Å². The van der Waals surface area contributed by atoms with Crippen molar-refractivity contribution in [1.29, 1.82) is 0 Å². The maximum atomic E-state index is 11.3. The summed E-state index contributed by atoms with van der Waals surface area (Å²) in [5, 5.41) is 4.09. The van der Waals surface area contributed by atoms with Gasteiger partial charge in [-0.05, 0) is 12.1 Å². The Morgan fingerprint density at radius 2 is 2.28 bits per heavy atom. The monoisotopic (exact) mass is 241 g/mol. The minimum Gasteiger partial charge on any atom is -0.366 e. The van der Waals surface area contributed by atoms with Crippen molar-refractivity contribution in [2.24, 2.45) is 12.8 Å². The number of nitrogens with two attached hydrogens (primary N) is 1. The molecule has 0 saturated carbocycles. The van der Waals surface area contributed by atoms with Crippen molar-refractivity contribution in [3.05, 3.63) is 36.2 Å². The van der Waals surface area contributed by atoms with E-state index in [1.807, 2.05) is 19.3 Å². The number of benzene rings is 1. The lowest BCUT2D eigenvalue weighted by Crippen LogP contribution is -2.11. The summed E-state index contributed by atoms with van der Waals surface area (Å²) in [4.78, 5) is 18.9. The second kappa shape index (κ2) is 3.69. The van der Waals surface area contributed by atoms with Gasteiger partial charge in [-0.2, -0.15) is 5.10 Å². The van der Waals surface area contributed by atoms with E-state index in [0.29, 0.717) is 16.9 Å². The Labute approximate surface area is 102 Å². The molecule has 0 fully saturated rings. The minimum absolute atomic E-state index is 0.416. The summed E-state index contributed by atoms with van der Waals surface area (Å²) < 4.78 is 1.69. The van der Waals surface area contributed by atoms with E-state index in [-0.39, 0.29) is 0 Å². The van der Waals surface area contributed by atoms with Crippen LogP contribution in [0.2, 0.25) is 0 Å². The third-order valence-electron chi connectivity index (χ3n) is 2.76. The van der Waals surface area contributed by atoms with E-state index < -0.39 is 5.91 Å². The molecule has 90 valence electrons. The summed E-state index contributed by atoms with van der Waals surface area (Å²) in [5.41, 5.74) is 7.97. The molecule has 3 rings (SSSR count). The molecular weight excluding hydrogens is 230 g/mol. The van der Waals surface area contributed by atoms with Gasteiger partial charge in [0, 0.05) is 13.2 Å². The van der Waals surface area contributed by atoms with Gasteiger partial charge < -0.3 is 10.7 Å². The van der Waals surface area contributed by atoms with Crippen LogP contribution in [0.3, 0.4) is 0 Å². The number of carbonyl (C=O) groups is 1. The summed E-state index contributed by atoms with van der Waals surface area (Å²) in [6.45, 7) is 0. The van der Waals surface area contributed by atoms with Gasteiger partial charge >= 0.3 is 0 Å². The second-order valence-electron chi connectivity index (χ2n) is 4.05. The molecule has 0 aliphatic rings. The third-order valence-corrected chi connectivity index (χ3v) is 2.76. The molecule has 1 aromatic carbocycles. The Kier molecular flexibility index (Phi) is 2.16. The number of hydrogen-bond acceptors (Lipinski definition) is 3. The number of nitrogens with one attached hydrogen (secondary N) is 1. The molecule has 0 saturated heterocycles. The average molecular weight is 241 g/mol. The number of primary amides is 1. The van der Waals surface area contributed by atoms with Gasteiger partial charge in [-0.3, -0.25) is 9.48 Å². The Hall–Kier alpha value is -2.63. The van der Waals surface area contributed by atoms with E-state index in [1.165, 1.54) is 0 Å². The van der Waals surface area contributed by atoms with Gasteiger partial charge in [0.25, 0.3) is 5.91 Å². The predicted octanol–water partition coefficient (Wildman–Crippen LogP) is 1.06. The quantitative estimate of drug-likeness (QED) is 0.703. The lowest BCUT2D eigenvalue weighted by Gasteiger charge is -1.94. The Bertz CT molecular complexity index is 740. The van der Waals surface area contributed by atoms with Crippen molar-refractivity contribution in [3.8, 4) is 11.4 Å². The first kappa shape index (κ1) is 10.5. The van der Waals surface area contributed by atoms with Gasteiger partial charge in [0.15, 0.2) is 0 Å². The molecule has 6 heteroatoms. The molecule has 1 amide bonds. The highest BCUT2D eigenvalue weighted by Gasteiger charge is 2.12. The number of amides is 1. The first-order valence-corrected chi connectivity index (χ1v) is 5.42. The topological polar surface area (TPSA) is 89.6 Å². The molecule has 2 heterocycles. The maximum Gasteiger partial charge on any atom is 0.250 e. The van der Waals surface area contributed by atoms with Crippen LogP contribution in [0, 0.1) is 0 Å². The van der Waals surface area contributed by atoms with Crippen molar-refractivity contribution in [2.45, 2.75) is 0 Å². The number of para-hydroxylation sites is 1. The zero-order valence-corrected chi connectivity index (χ0v) is 9.71. The van der Waals surface area contributed by atoms with E-state index in [0.717, 1.165) is 11.1 Å². The fourth-order valence-corrected chi connectivity index (χ4v) is 1.91. The molecular formula is C12H11N5O. The second-order valence-corrected chi connectivity index (χ2v) is 4.05. The van der Waals surface area contributed by atoms with Crippen LogP contribution in [0.4, 0.5) is 0 Å². The molecule has 3 N–H and O–H groups in total. The van der Waals surface area contributed by atoms with Gasteiger partial charge in [0.2, 0.25) is 0 Å². The number of nitrogens with zero attached hydrogens (tertiary/aromatic N) is 3. The standard InChI is InChI=1S/C12H11N5O/c1-17-6-7(5-14-17)12-15-9-4-2-3-8(11(13)18)10(9)16-12/h2-6H,1H3,(H2,13,18)(H,15,16). The predicted molar refractivity (Wildman–Crippen MR) is 66.8 cm³/mol. The summed E-state index contributed by atoms with van der Waals surface area (Å²) in [6, 6.07) is 5.29. The highest BCUT2D eigenvalue weighted by Crippen LogP contribution is 2.22. The Morgan fingerprint density at radius 1 is 1.44 bits per heavy atom. The highest BCUT2D eigenvalue weighted by atomic mass is 16.1. The number of carbonyl (C=O) groups excluding carboxylic acids is 1. The number of H-pyrrole nitrogens is 1. The molecule has 2 aromatic heterocycles. The van der Waals surface area contributed by atoms with E-state index in [2.05, 4.69) is 15.1 Å². The van der Waals surface area contributed by atoms with Crippen molar-refractivity contribution >= 4 is 16.9 Å². The maximum absolute atomic E-state index is 11.3. The van der Waals surface area contributed by atoms with Crippen LogP contribution in [0.5, 0.6) is 0 Å². The van der Waals surface area contributed by atoms with E-state index in [9.17, 15) is 4.79 Å². The van der Waals surface area contributed by atoms with E-state index in [1.54, 1.807) is 23.0 Å². The molecule has 0 bridgehead atoms. The fourth-order valence-electron chi connectivity index (χ4n) is 1.91. The Morgan fingerprint density at radius 3 is 2.94 bits per heavy atom. The highest BCUT2D eigenvalue weighted by molar-refractivity contribution is 6.04. The number of aryl methyl sites for hydroxylation is 1. The summed E-state index contributed by atoms with van der Waals surface area (Å²) in [5.74, 6) is 0.191. The van der Waals surface area contributed by atoms with Gasteiger partial charge in [-0.15, -0.1) is 0 Å². The lowest BCUT2D eigenvalue weighted by molar-refractivity contribution is 0.100. The number of aromatic nitrogens is 4. The molecule has 0 spiro atoms. The molecule has 0 aliphatic heterocycles. The number of rotatable bonds is 2. The normalized spacial score (nSPS) is 10.9. The smallest absolute Gasteiger partial charge is 0.250 e. The first-order chi connectivity index (χ1) is 8.65. The van der Waals surface area contributed by atoms with Crippen LogP contribution in [0.1, 0.15) is 10.4 Å². The fraction of sp³-hybridized carbons (Fsp3) is 0.0833. The van der Waals surface area contributed by atoms with Crippen molar-refractivity contribution in [1.82, 2.24) is 19.7 Å². The van der Waals surface area contributed by atoms with E-state index >= 15 is 0 Å². The van der Waals surface area contributed by atoms with Gasteiger partial charge in [0.1, 0.15) is 11.3 Å². The van der Waals surface area contributed by atoms with Crippen molar-refractivity contribution in [3.63, 3.8) is 0 Å². The first-order valence-electron chi connectivity index (χ1n) is 5.42. The SMILES string of the molecule is Cn1cc(-c2nc3c(C(N)=O)cccc3[nH]2)cn1. The molecule has 0 radical (unpaired) electrons. The molecule has 18 heavy (non-hydrogen) atoms. The van der Waals surface area contributed by atoms with E-state index in [4.69, 9.17) is 5.73 Å². The molecule has 6 nitrogen and oxygen atoms in total. The molecule has 0 unspecified atom stereocenters. The van der Waals surface area contributed by atoms with Gasteiger partial charge in [0.05, 0.1) is 22.8 Å². The number of hydrogen-bond donors (Lipinski definition) is 2. The Balaban J connectivity index is 2.22. The van der Waals surface area contributed by atoms with Crippen molar-refractivity contribution in [2.75, 3.05) is 0 Å². The minimum atomic E-state index is -0.482. The number of fused-ring (bicyclic) bond motifs is 1. The summed E-state index contributed by atoms with van der Waals surface area (Å²) in [6.07, 6.45) is 3.56. The van der Waals surface area contributed by atoms with Crippen LogP contribution in [0.25, 0.3) is 22.4 Å². The van der Waals surface area contributed by atoms with Crippen LogP contribution in [-0.4, -0.2) is 25.7 Å². The summed E-state index contributed by atoms with van der Waals surface area (Å²) >= 11 is 0. The van der Waals surface area contributed by atoms with Crippen LogP contribution >= 0.6 is 0 Å². The lowest BCUT2D eigenvalue weighted by atomic mass is 10.2.